The van der Waals surface area contributed by atoms with E-state index in [9.17, 15) is 0 Å². The summed E-state index contributed by atoms with van der Waals surface area (Å²) in [6.45, 7) is 3.08. The van der Waals surface area contributed by atoms with Crippen molar-refractivity contribution < 1.29 is 0 Å². The number of imidazole rings is 1. The van der Waals surface area contributed by atoms with E-state index in [1.165, 1.54) is 18.5 Å². The van der Waals surface area contributed by atoms with E-state index in [2.05, 4.69) is 48.6 Å². The fourth-order valence-corrected chi connectivity index (χ4v) is 3.18. The highest BCUT2D eigenvalue weighted by Crippen LogP contribution is 2.20. The first-order valence-electron chi connectivity index (χ1n) is 7.77. The van der Waals surface area contributed by atoms with Crippen molar-refractivity contribution in [3.05, 3.63) is 42.6 Å². The predicted octanol–water partition coefficient (Wildman–Crippen LogP) is 2.36. The Morgan fingerprint density at radius 1 is 1.36 bits per heavy atom. The lowest BCUT2D eigenvalue weighted by Gasteiger charge is -2.33. The first kappa shape index (κ1) is 13.3. The Morgan fingerprint density at radius 2 is 2.36 bits per heavy atom. The van der Waals surface area contributed by atoms with Gasteiger partial charge in [0.25, 0.3) is 0 Å². The molecule has 1 aromatic carbocycles. The maximum Gasteiger partial charge on any atom is 0.120 e. The van der Waals surface area contributed by atoms with Crippen LogP contribution in [0.2, 0.25) is 0 Å². The zero-order chi connectivity index (χ0) is 14.8. The van der Waals surface area contributed by atoms with E-state index < -0.39 is 0 Å². The lowest BCUT2D eigenvalue weighted by molar-refractivity contribution is 0.204. The van der Waals surface area contributed by atoms with Crippen LogP contribution < -0.4 is 5.32 Å². The number of aromatic amines is 2. The van der Waals surface area contributed by atoms with Crippen LogP contribution in [0.4, 0.5) is 5.69 Å². The van der Waals surface area contributed by atoms with Crippen LogP contribution in [0.25, 0.3) is 10.9 Å². The molecule has 6 nitrogen and oxygen atoms in total. The Bertz CT molecular complexity index is 732. The third-order valence-corrected chi connectivity index (χ3v) is 4.24. The van der Waals surface area contributed by atoms with Crippen LogP contribution >= 0.6 is 0 Å². The van der Waals surface area contributed by atoms with Gasteiger partial charge in [0, 0.05) is 36.1 Å². The molecule has 1 aliphatic rings. The Balaban J connectivity index is 1.41. The van der Waals surface area contributed by atoms with Gasteiger partial charge in [0.15, 0.2) is 0 Å². The van der Waals surface area contributed by atoms with Crippen molar-refractivity contribution >= 4 is 16.6 Å². The summed E-state index contributed by atoms with van der Waals surface area (Å²) < 4.78 is 0. The molecule has 22 heavy (non-hydrogen) atoms. The minimum Gasteiger partial charge on any atom is -0.381 e. The van der Waals surface area contributed by atoms with Crippen LogP contribution in [0.3, 0.4) is 0 Å². The quantitative estimate of drug-likeness (QED) is 0.691. The van der Waals surface area contributed by atoms with Gasteiger partial charge in [0.05, 0.1) is 18.3 Å². The monoisotopic (exact) mass is 296 g/mol. The van der Waals surface area contributed by atoms with Crippen molar-refractivity contribution in [1.82, 2.24) is 25.1 Å². The van der Waals surface area contributed by atoms with E-state index in [4.69, 9.17) is 0 Å². The highest BCUT2D eigenvalue weighted by atomic mass is 15.2. The van der Waals surface area contributed by atoms with Crippen LogP contribution in [0.5, 0.6) is 0 Å². The van der Waals surface area contributed by atoms with Gasteiger partial charge in [-0.2, -0.15) is 5.10 Å². The van der Waals surface area contributed by atoms with Crippen LogP contribution in [0.1, 0.15) is 18.7 Å². The third kappa shape index (κ3) is 2.82. The van der Waals surface area contributed by atoms with E-state index in [1.807, 2.05) is 18.6 Å². The first-order valence-corrected chi connectivity index (χ1v) is 7.77. The minimum atomic E-state index is 0.480. The maximum absolute atomic E-state index is 4.32. The van der Waals surface area contributed by atoms with Crippen molar-refractivity contribution in [3.8, 4) is 0 Å². The Morgan fingerprint density at radius 3 is 3.27 bits per heavy atom. The fraction of sp³-hybridized carbons (Fsp3) is 0.375. The maximum atomic E-state index is 4.32. The summed E-state index contributed by atoms with van der Waals surface area (Å²) in [5.74, 6) is 1.04. The molecule has 3 aromatic rings. The molecular weight excluding hydrogens is 276 g/mol. The first-order chi connectivity index (χ1) is 10.9. The molecule has 0 amide bonds. The number of aromatic nitrogens is 4. The number of likely N-dealkylation sites (tertiary alicyclic amines) is 1. The van der Waals surface area contributed by atoms with Gasteiger partial charge >= 0.3 is 0 Å². The second-order valence-electron chi connectivity index (χ2n) is 5.93. The number of anilines is 1. The lowest BCUT2D eigenvalue weighted by Crippen LogP contribution is -2.41. The summed E-state index contributed by atoms with van der Waals surface area (Å²) in [6, 6.07) is 6.83. The van der Waals surface area contributed by atoms with E-state index in [0.717, 1.165) is 36.4 Å². The molecule has 3 N–H and O–H groups in total. The van der Waals surface area contributed by atoms with Crippen molar-refractivity contribution in [2.24, 2.45) is 0 Å². The molecule has 1 saturated heterocycles. The van der Waals surface area contributed by atoms with Gasteiger partial charge in [0.2, 0.25) is 0 Å². The molecule has 1 atom stereocenters. The SMILES string of the molecule is c1c[nH]c(CN2CCCC(Nc3ccc4[nH]ncc4c3)C2)n1. The number of rotatable bonds is 4. The van der Waals surface area contributed by atoms with Gasteiger partial charge in [-0.15, -0.1) is 0 Å². The second-order valence-corrected chi connectivity index (χ2v) is 5.93. The third-order valence-electron chi connectivity index (χ3n) is 4.24. The number of piperidine rings is 1. The standard InChI is InChI=1S/C16H20N6/c1-2-14(10-22(7-1)11-16-17-5-6-18-16)20-13-3-4-15-12(8-13)9-19-21-15/h3-6,8-9,14,20H,1-2,7,10-11H2,(H,17,18)(H,19,21). The molecule has 4 rings (SSSR count). The minimum absolute atomic E-state index is 0.480. The fourth-order valence-electron chi connectivity index (χ4n) is 3.18. The van der Waals surface area contributed by atoms with Crippen LogP contribution in [-0.4, -0.2) is 44.2 Å². The molecule has 0 saturated carbocycles. The summed E-state index contributed by atoms with van der Waals surface area (Å²) in [5.41, 5.74) is 2.24. The van der Waals surface area contributed by atoms with Crippen molar-refractivity contribution in [2.75, 3.05) is 18.4 Å². The van der Waals surface area contributed by atoms with Gasteiger partial charge < -0.3 is 10.3 Å². The van der Waals surface area contributed by atoms with Crippen molar-refractivity contribution in [2.45, 2.75) is 25.4 Å². The molecule has 0 bridgehead atoms. The van der Waals surface area contributed by atoms with Gasteiger partial charge in [-0.05, 0) is 37.6 Å². The number of hydrogen-bond donors (Lipinski definition) is 3. The van der Waals surface area contributed by atoms with Crippen LogP contribution in [0.15, 0.2) is 36.8 Å². The second kappa shape index (κ2) is 5.81. The molecule has 114 valence electrons. The Labute approximate surface area is 128 Å². The van der Waals surface area contributed by atoms with Crippen LogP contribution in [-0.2, 0) is 6.54 Å². The van der Waals surface area contributed by atoms with E-state index in [0.29, 0.717) is 6.04 Å². The molecule has 0 spiro atoms. The number of fused-ring (bicyclic) bond motifs is 1. The summed E-state index contributed by atoms with van der Waals surface area (Å²) in [7, 11) is 0. The van der Waals surface area contributed by atoms with Crippen LogP contribution in [0, 0.1) is 0 Å². The molecule has 1 fully saturated rings. The zero-order valence-corrected chi connectivity index (χ0v) is 12.4. The van der Waals surface area contributed by atoms with Gasteiger partial charge in [-0.25, -0.2) is 4.98 Å². The lowest BCUT2D eigenvalue weighted by atomic mass is 10.1. The predicted molar refractivity (Wildman–Crippen MR) is 86.6 cm³/mol. The normalized spacial score (nSPS) is 19.5. The highest BCUT2D eigenvalue weighted by molar-refractivity contribution is 5.81. The van der Waals surface area contributed by atoms with Gasteiger partial charge in [-0.3, -0.25) is 10.00 Å². The summed E-state index contributed by atoms with van der Waals surface area (Å²) in [6.07, 6.45) is 7.99. The largest absolute Gasteiger partial charge is 0.381 e. The molecule has 1 unspecified atom stereocenters. The van der Waals surface area contributed by atoms with Crippen molar-refractivity contribution in [1.29, 1.82) is 0 Å². The Hall–Kier alpha value is -2.34. The number of benzene rings is 1. The number of nitrogens with zero attached hydrogens (tertiary/aromatic N) is 3. The zero-order valence-electron chi connectivity index (χ0n) is 12.4. The van der Waals surface area contributed by atoms with E-state index >= 15 is 0 Å². The molecule has 1 aliphatic heterocycles. The average molecular weight is 296 g/mol. The average Bonchev–Trinajstić information content (AvgIpc) is 3.18. The summed E-state index contributed by atoms with van der Waals surface area (Å²) in [5, 5.41) is 11.9. The molecular formula is C16H20N6. The smallest absolute Gasteiger partial charge is 0.120 e. The Kier molecular flexibility index (Phi) is 3.52. The topological polar surface area (TPSA) is 72.6 Å². The molecule has 0 aliphatic carbocycles. The highest BCUT2D eigenvalue weighted by Gasteiger charge is 2.20. The summed E-state index contributed by atoms with van der Waals surface area (Å²) >= 11 is 0. The molecule has 6 heteroatoms. The molecule has 2 aromatic heterocycles. The van der Waals surface area contributed by atoms with E-state index in [1.54, 1.807) is 0 Å². The van der Waals surface area contributed by atoms with Crippen molar-refractivity contribution in [3.63, 3.8) is 0 Å². The summed E-state index contributed by atoms with van der Waals surface area (Å²) in [4.78, 5) is 9.96. The van der Waals surface area contributed by atoms with Gasteiger partial charge in [0.1, 0.15) is 5.82 Å². The molecule has 3 heterocycles. The number of hydrogen-bond acceptors (Lipinski definition) is 4. The molecule has 0 radical (unpaired) electrons. The number of H-pyrrole nitrogens is 2. The van der Waals surface area contributed by atoms with E-state index in [-0.39, 0.29) is 0 Å². The van der Waals surface area contributed by atoms with Gasteiger partial charge in [-0.1, -0.05) is 0 Å². The number of nitrogens with one attached hydrogen (secondary N) is 3.